The van der Waals surface area contributed by atoms with Crippen LogP contribution in [-0.2, 0) is 13.0 Å². The van der Waals surface area contributed by atoms with E-state index in [2.05, 4.69) is 20.5 Å². The van der Waals surface area contributed by atoms with E-state index in [1.54, 1.807) is 0 Å². The van der Waals surface area contributed by atoms with Crippen LogP contribution in [-0.4, -0.2) is 38.9 Å². The van der Waals surface area contributed by atoms with Gasteiger partial charge < -0.3 is 14.0 Å². The van der Waals surface area contributed by atoms with Gasteiger partial charge in [0.05, 0.1) is 10.2 Å². The highest BCUT2D eigenvalue weighted by Gasteiger charge is 2.23. The summed E-state index contributed by atoms with van der Waals surface area (Å²) in [7, 11) is 0. The van der Waals surface area contributed by atoms with E-state index in [0.717, 1.165) is 35.4 Å². The first kappa shape index (κ1) is 13.7. The number of aryl methyl sites for hydroxylation is 1. The molecule has 9 heteroatoms. The molecule has 24 heavy (non-hydrogen) atoms. The number of ether oxygens (including phenoxy) is 2. The van der Waals surface area contributed by atoms with Crippen LogP contribution in [0.5, 0.6) is 11.5 Å². The first-order chi connectivity index (χ1) is 11.8. The molecule has 0 radical (unpaired) electrons. The smallest absolute Gasteiger partial charge is 0.295 e. The maximum absolute atomic E-state index is 12.5. The monoisotopic (exact) mass is 343 g/mol. The maximum Gasteiger partial charge on any atom is 0.295 e. The van der Waals surface area contributed by atoms with E-state index in [4.69, 9.17) is 9.47 Å². The molecule has 0 spiro atoms. The van der Waals surface area contributed by atoms with Gasteiger partial charge in [0, 0.05) is 25.1 Å². The number of benzene rings is 1. The molecule has 0 aliphatic carbocycles. The van der Waals surface area contributed by atoms with Crippen LogP contribution >= 0.6 is 11.3 Å². The SMILES string of the molecule is O=C(Nc1nc2cc3c(cc2s1)OCCO3)c1nnc2n1CCC2. The first-order valence-electron chi connectivity index (χ1n) is 7.71. The highest BCUT2D eigenvalue weighted by atomic mass is 32.1. The second kappa shape index (κ2) is 5.17. The number of nitrogens with zero attached hydrogens (tertiary/aromatic N) is 4. The Labute approximate surface area is 140 Å². The summed E-state index contributed by atoms with van der Waals surface area (Å²) in [4.78, 5) is 16.9. The van der Waals surface area contributed by atoms with E-state index in [0.29, 0.717) is 35.7 Å². The van der Waals surface area contributed by atoms with Crippen LogP contribution in [0.3, 0.4) is 0 Å². The lowest BCUT2D eigenvalue weighted by molar-refractivity contribution is 0.101. The zero-order valence-electron chi connectivity index (χ0n) is 12.6. The number of hydrogen-bond donors (Lipinski definition) is 1. The van der Waals surface area contributed by atoms with Crippen LogP contribution in [0.4, 0.5) is 5.13 Å². The fourth-order valence-electron chi connectivity index (χ4n) is 2.99. The molecular formula is C15H13N5O3S. The van der Waals surface area contributed by atoms with Gasteiger partial charge >= 0.3 is 0 Å². The molecule has 5 rings (SSSR count). The van der Waals surface area contributed by atoms with Crippen molar-refractivity contribution in [2.24, 2.45) is 0 Å². The highest BCUT2D eigenvalue weighted by Crippen LogP contribution is 2.37. The Morgan fingerprint density at radius 1 is 1.21 bits per heavy atom. The van der Waals surface area contributed by atoms with Gasteiger partial charge in [0.1, 0.15) is 19.0 Å². The summed E-state index contributed by atoms with van der Waals surface area (Å²) in [5, 5.41) is 11.4. The normalized spacial score (nSPS) is 15.5. The van der Waals surface area contributed by atoms with E-state index < -0.39 is 0 Å². The number of nitrogens with one attached hydrogen (secondary N) is 1. The van der Waals surface area contributed by atoms with Gasteiger partial charge in [-0.25, -0.2) is 4.98 Å². The second-order valence-corrected chi connectivity index (χ2v) is 6.66. The zero-order valence-corrected chi connectivity index (χ0v) is 13.4. The lowest BCUT2D eigenvalue weighted by atomic mass is 10.3. The highest BCUT2D eigenvalue weighted by molar-refractivity contribution is 7.22. The molecule has 1 aromatic carbocycles. The van der Waals surface area contributed by atoms with E-state index in [1.165, 1.54) is 11.3 Å². The van der Waals surface area contributed by atoms with Crippen LogP contribution in [0.15, 0.2) is 12.1 Å². The third-order valence-corrected chi connectivity index (χ3v) is 5.02. The summed E-state index contributed by atoms with van der Waals surface area (Å²) in [6, 6.07) is 3.73. The quantitative estimate of drug-likeness (QED) is 0.764. The van der Waals surface area contributed by atoms with Gasteiger partial charge in [0.25, 0.3) is 5.91 Å². The Bertz CT molecular complexity index is 921. The molecule has 2 aromatic heterocycles. The van der Waals surface area contributed by atoms with Crippen LogP contribution in [0.2, 0.25) is 0 Å². The fourth-order valence-corrected chi connectivity index (χ4v) is 3.86. The minimum Gasteiger partial charge on any atom is -0.486 e. The summed E-state index contributed by atoms with van der Waals surface area (Å²) in [5.74, 6) is 2.32. The Hall–Kier alpha value is -2.68. The molecule has 0 saturated carbocycles. The zero-order chi connectivity index (χ0) is 16.1. The maximum atomic E-state index is 12.5. The number of rotatable bonds is 2. The van der Waals surface area contributed by atoms with Gasteiger partial charge in [-0.3, -0.25) is 10.1 Å². The number of carbonyl (C=O) groups is 1. The number of aromatic nitrogens is 4. The Morgan fingerprint density at radius 2 is 2.04 bits per heavy atom. The minimum absolute atomic E-state index is 0.285. The molecule has 1 amide bonds. The lowest BCUT2D eigenvalue weighted by Gasteiger charge is -2.17. The second-order valence-electron chi connectivity index (χ2n) is 5.63. The largest absolute Gasteiger partial charge is 0.486 e. The van der Waals surface area contributed by atoms with Gasteiger partial charge in [-0.1, -0.05) is 11.3 Å². The minimum atomic E-state index is -0.285. The Balaban J connectivity index is 1.45. The third kappa shape index (κ3) is 2.12. The van der Waals surface area contributed by atoms with Gasteiger partial charge in [0.2, 0.25) is 5.82 Å². The molecular weight excluding hydrogens is 330 g/mol. The van der Waals surface area contributed by atoms with Gasteiger partial charge in [-0.05, 0) is 6.42 Å². The van der Waals surface area contributed by atoms with Gasteiger partial charge in [-0.2, -0.15) is 0 Å². The summed E-state index contributed by atoms with van der Waals surface area (Å²) in [5.41, 5.74) is 0.769. The molecule has 8 nitrogen and oxygen atoms in total. The van der Waals surface area contributed by atoms with Crippen molar-refractivity contribution < 1.29 is 14.3 Å². The van der Waals surface area contributed by atoms with E-state index >= 15 is 0 Å². The van der Waals surface area contributed by atoms with Crippen molar-refractivity contribution in [2.45, 2.75) is 19.4 Å². The Kier molecular flexibility index (Phi) is 2.96. The molecule has 0 bridgehead atoms. The van der Waals surface area contributed by atoms with Crippen LogP contribution in [0, 0.1) is 0 Å². The average Bonchev–Trinajstić information content (AvgIpc) is 3.26. The fraction of sp³-hybridized carbons (Fsp3) is 0.333. The molecule has 4 heterocycles. The van der Waals surface area contributed by atoms with Crippen molar-refractivity contribution in [3.8, 4) is 11.5 Å². The molecule has 0 atom stereocenters. The number of amides is 1. The number of carbonyl (C=O) groups excluding carboxylic acids is 1. The summed E-state index contributed by atoms with van der Waals surface area (Å²) < 4.78 is 13.9. The average molecular weight is 343 g/mol. The number of hydrogen-bond acceptors (Lipinski definition) is 7. The lowest BCUT2D eigenvalue weighted by Crippen LogP contribution is -2.17. The van der Waals surface area contributed by atoms with Crippen LogP contribution in [0.1, 0.15) is 22.9 Å². The summed E-state index contributed by atoms with van der Waals surface area (Å²) in [6.07, 6.45) is 1.87. The van der Waals surface area contributed by atoms with Crippen LogP contribution in [0.25, 0.3) is 10.2 Å². The predicted molar refractivity (Wildman–Crippen MR) is 86.9 cm³/mol. The summed E-state index contributed by atoms with van der Waals surface area (Å²) >= 11 is 1.39. The topological polar surface area (TPSA) is 91.2 Å². The molecule has 0 fully saturated rings. The van der Waals surface area contributed by atoms with Crippen molar-refractivity contribution >= 4 is 32.6 Å². The van der Waals surface area contributed by atoms with Crippen molar-refractivity contribution in [1.29, 1.82) is 0 Å². The first-order valence-corrected chi connectivity index (χ1v) is 8.53. The van der Waals surface area contributed by atoms with Crippen molar-refractivity contribution in [2.75, 3.05) is 18.5 Å². The van der Waals surface area contributed by atoms with Crippen LogP contribution < -0.4 is 14.8 Å². The van der Waals surface area contributed by atoms with Gasteiger partial charge in [-0.15, -0.1) is 10.2 Å². The predicted octanol–water partition coefficient (Wildman–Crippen LogP) is 1.86. The molecule has 3 aromatic rings. The van der Waals surface area contributed by atoms with E-state index in [1.807, 2.05) is 16.7 Å². The van der Waals surface area contributed by atoms with Gasteiger partial charge in [0.15, 0.2) is 16.6 Å². The Morgan fingerprint density at radius 3 is 2.92 bits per heavy atom. The van der Waals surface area contributed by atoms with E-state index in [-0.39, 0.29) is 5.91 Å². The molecule has 1 N–H and O–H groups in total. The third-order valence-electron chi connectivity index (χ3n) is 4.09. The van der Waals surface area contributed by atoms with E-state index in [9.17, 15) is 4.79 Å². The van der Waals surface area contributed by atoms with Crippen molar-refractivity contribution in [3.05, 3.63) is 23.8 Å². The number of anilines is 1. The standard InChI is InChI=1S/C15H13N5O3S/c21-14(13-19-18-12-2-1-3-20(12)13)17-15-16-8-6-9-10(7-11(8)24-15)23-5-4-22-9/h6-7H,1-5H2,(H,16,17,21). The molecule has 0 unspecified atom stereocenters. The molecule has 2 aliphatic rings. The summed E-state index contributed by atoms with van der Waals surface area (Å²) in [6.45, 7) is 1.86. The molecule has 0 saturated heterocycles. The number of fused-ring (bicyclic) bond motifs is 3. The molecule has 2 aliphatic heterocycles. The molecule has 122 valence electrons. The van der Waals surface area contributed by atoms with Crippen molar-refractivity contribution in [1.82, 2.24) is 19.7 Å². The number of thiazole rings is 1. The van der Waals surface area contributed by atoms with Crippen molar-refractivity contribution in [3.63, 3.8) is 0 Å².